The summed E-state index contributed by atoms with van der Waals surface area (Å²) in [6.45, 7) is 6.23. The number of rotatable bonds is 7. The van der Waals surface area contributed by atoms with Crippen LogP contribution in [0.25, 0.3) is 0 Å². The number of ether oxygens (including phenoxy) is 1. The van der Waals surface area contributed by atoms with Crippen molar-refractivity contribution in [2.75, 3.05) is 29.7 Å². The molecular formula is C21H25Cl2N3O4S. The Hall–Kier alpha value is -1.84. The van der Waals surface area contributed by atoms with E-state index < -0.39 is 10.0 Å². The highest BCUT2D eigenvalue weighted by molar-refractivity contribution is 7.92. The lowest BCUT2D eigenvalue weighted by Crippen LogP contribution is -2.46. The molecule has 0 aliphatic carbocycles. The van der Waals surface area contributed by atoms with E-state index in [1.54, 1.807) is 24.3 Å². The van der Waals surface area contributed by atoms with Crippen molar-refractivity contribution in [2.45, 2.75) is 37.4 Å². The van der Waals surface area contributed by atoms with Crippen LogP contribution in [-0.4, -0.2) is 51.1 Å². The van der Waals surface area contributed by atoms with E-state index in [0.29, 0.717) is 29.4 Å². The number of anilines is 2. The lowest BCUT2D eigenvalue weighted by Gasteiger charge is -2.35. The fraction of sp³-hybridized carbons (Fsp3) is 0.381. The standard InChI is InChI=1S/C21H25Cl2N3O4S/c1-14-12-26(13-15(2)30-14)10-9-21(27)24-18-7-8-20(19(23)11-18)31(28,29)25-17-5-3-16(22)4-6-17/h3-8,11,14-15,25H,9-10,12-13H2,1-2H3,(H,24,27)/t14-,15+. The molecule has 7 nitrogen and oxygen atoms in total. The van der Waals surface area contributed by atoms with Crippen molar-refractivity contribution < 1.29 is 17.9 Å². The second kappa shape index (κ2) is 10.2. The number of benzene rings is 2. The van der Waals surface area contributed by atoms with Crippen LogP contribution in [0.1, 0.15) is 20.3 Å². The van der Waals surface area contributed by atoms with Gasteiger partial charge in [0, 0.05) is 42.5 Å². The fourth-order valence-electron chi connectivity index (χ4n) is 3.47. The smallest absolute Gasteiger partial charge is 0.263 e. The van der Waals surface area contributed by atoms with Gasteiger partial charge in [0.25, 0.3) is 10.0 Å². The normalized spacial score (nSPS) is 19.7. The second-order valence-corrected chi connectivity index (χ2v) is 10.1. The maximum absolute atomic E-state index is 12.6. The average Bonchev–Trinajstić information content (AvgIpc) is 2.67. The summed E-state index contributed by atoms with van der Waals surface area (Å²) in [7, 11) is -3.89. The first-order chi connectivity index (χ1) is 14.6. The van der Waals surface area contributed by atoms with Crippen LogP contribution in [-0.2, 0) is 19.6 Å². The zero-order valence-corrected chi connectivity index (χ0v) is 19.6. The minimum Gasteiger partial charge on any atom is -0.373 e. The molecule has 1 heterocycles. The van der Waals surface area contributed by atoms with Gasteiger partial charge < -0.3 is 10.1 Å². The molecule has 2 N–H and O–H groups in total. The summed E-state index contributed by atoms with van der Waals surface area (Å²) in [4.78, 5) is 14.4. The first kappa shape index (κ1) is 23.8. The summed E-state index contributed by atoms with van der Waals surface area (Å²) in [5, 5.41) is 3.28. The highest BCUT2D eigenvalue weighted by atomic mass is 35.5. The predicted molar refractivity (Wildman–Crippen MR) is 123 cm³/mol. The molecule has 1 aliphatic heterocycles. The molecule has 3 rings (SSSR count). The number of carbonyl (C=O) groups is 1. The molecule has 2 aromatic rings. The van der Waals surface area contributed by atoms with E-state index >= 15 is 0 Å². The SMILES string of the molecule is C[C@@H]1CN(CCC(=O)Nc2ccc(S(=O)(=O)Nc3ccc(Cl)cc3)c(Cl)c2)C[C@H](C)O1. The summed E-state index contributed by atoms with van der Waals surface area (Å²) in [5.74, 6) is -0.169. The molecule has 1 saturated heterocycles. The maximum atomic E-state index is 12.6. The Kier molecular flexibility index (Phi) is 7.82. The Balaban J connectivity index is 1.59. The van der Waals surface area contributed by atoms with Gasteiger partial charge in [0.15, 0.2) is 0 Å². The number of sulfonamides is 1. The van der Waals surface area contributed by atoms with E-state index in [-0.39, 0.29) is 28.0 Å². The number of hydrogen-bond acceptors (Lipinski definition) is 5. The minimum absolute atomic E-state index is 0.00934. The average molecular weight is 486 g/mol. The highest BCUT2D eigenvalue weighted by Crippen LogP contribution is 2.27. The fourth-order valence-corrected chi connectivity index (χ4v) is 5.21. The Morgan fingerprint density at radius 2 is 1.68 bits per heavy atom. The van der Waals surface area contributed by atoms with Crippen LogP contribution in [0.4, 0.5) is 11.4 Å². The molecule has 1 amide bonds. The molecule has 0 bridgehead atoms. The van der Waals surface area contributed by atoms with Crippen molar-refractivity contribution >= 4 is 50.5 Å². The molecule has 0 unspecified atom stereocenters. The van der Waals surface area contributed by atoms with Gasteiger partial charge in [-0.3, -0.25) is 14.4 Å². The molecule has 0 saturated carbocycles. The number of nitrogens with one attached hydrogen (secondary N) is 2. The minimum atomic E-state index is -3.89. The number of amides is 1. The molecule has 2 atom stereocenters. The van der Waals surface area contributed by atoms with Crippen LogP contribution in [0.3, 0.4) is 0 Å². The van der Waals surface area contributed by atoms with E-state index in [1.165, 1.54) is 18.2 Å². The number of halogens is 2. The third kappa shape index (κ3) is 6.82. The summed E-state index contributed by atoms with van der Waals surface area (Å²) in [5.41, 5.74) is 0.800. The third-order valence-corrected chi connectivity index (χ3v) is 6.87. The molecule has 2 aromatic carbocycles. The monoisotopic (exact) mass is 485 g/mol. The molecule has 1 fully saturated rings. The van der Waals surface area contributed by atoms with Gasteiger partial charge in [0.2, 0.25) is 5.91 Å². The largest absolute Gasteiger partial charge is 0.373 e. The summed E-state index contributed by atoms with van der Waals surface area (Å²) >= 11 is 12.0. The first-order valence-corrected chi connectivity index (χ1v) is 12.1. The Labute approximate surface area is 192 Å². The number of morpholine rings is 1. The Morgan fingerprint density at radius 3 is 2.29 bits per heavy atom. The van der Waals surface area contributed by atoms with E-state index in [1.807, 2.05) is 13.8 Å². The zero-order valence-electron chi connectivity index (χ0n) is 17.3. The molecule has 1 aliphatic rings. The molecule has 0 spiro atoms. The zero-order chi connectivity index (χ0) is 22.6. The van der Waals surface area contributed by atoms with Crippen molar-refractivity contribution in [3.63, 3.8) is 0 Å². The van der Waals surface area contributed by atoms with Crippen molar-refractivity contribution in [1.29, 1.82) is 0 Å². The summed E-state index contributed by atoms with van der Waals surface area (Å²) < 4.78 is 33.4. The van der Waals surface area contributed by atoms with E-state index in [2.05, 4.69) is 14.9 Å². The lowest BCUT2D eigenvalue weighted by molar-refractivity contribution is -0.117. The summed E-state index contributed by atoms with van der Waals surface area (Å²) in [6, 6.07) is 10.6. The maximum Gasteiger partial charge on any atom is 0.263 e. The van der Waals surface area contributed by atoms with Crippen LogP contribution in [0.5, 0.6) is 0 Å². The van der Waals surface area contributed by atoms with Crippen LogP contribution in [0, 0.1) is 0 Å². The van der Waals surface area contributed by atoms with Crippen molar-refractivity contribution in [1.82, 2.24) is 4.90 Å². The van der Waals surface area contributed by atoms with Gasteiger partial charge >= 0.3 is 0 Å². The summed E-state index contributed by atoms with van der Waals surface area (Å²) in [6.07, 6.45) is 0.595. The molecule has 0 aromatic heterocycles. The second-order valence-electron chi connectivity index (χ2n) is 7.57. The first-order valence-electron chi connectivity index (χ1n) is 9.88. The van der Waals surface area contributed by atoms with Gasteiger partial charge in [0.05, 0.1) is 17.2 Å². The molecule has 168 valence electrons. The van der Waals surface area contributed by atoms with Crippen LogP contribution < -0.4 is 10.0 Å². The van der Waals surface area contributed by atoms with Gasteiger partial charge in [-0.05, 0) is 56.3 Å². The van der Waals surface area contributed by atoms with Gasteiger partial charge in [-0.25, -0.2) is 8.42 Å². The molecule has 31 heavy (non-hydrogen) atoms. The van der Waals surface area contributed by atoms with Gasteiger partial charge in [-0.15, -0.1) is 0 Å². The molecule has 10 heteroatoms. The topological polar surface area (TPSA) is 87.7 Å². The predicted octanol–water partition coefficient (Wildman–Crippen LogP) is 4.23. The van der Waals surface area contributed by atoms with Crippen molar-refractivity contribution in [3.8, 4) is 0 Å². The van der Waals surface area contributed by atoms with E-state index in [9.17, 15) is 13.2 Å². The van der Waals surface area contributed by atoms with Gasteiger partial charge in [-0.2, -0.15) is 0 Å². The highest BCUT2D eigenvalue weighted by Gasteiger charge is 2.23. The number of carbonyl (C=O) groups excluding carboxylic acids is 1. The quantitative estimate of drug-likeness (QED) is 0.612. The van der Waals surface area contributed by atoms with E-state index in [4.69, 9.17) is 27.9 Å². The molecule has 0 radical (unpaired) electrons. The van der Waals surface area contributed by atoms with Crippen molar-refractivity contribution in [2.24, 2.45) is 0 Å². The van der Waals surface area contributed by atoms with Crippen LogP contribution in [0.2, 0.25) is 10.0 Å². The molecular weight excluding hydrogens is 461 g/mol. The van der Waals surface area contributed by atoms with Crippen LogP contribution >= 0.6 is 23.2 Å². The van der Waals surface area contributed by atoms with Crippen molar-refractivity contribution in [3.05, 3.63) is 52.5 Å². The van der Waals surface area contributed by atoms with Crippen LogP contribution in [0.15, 0.2) is 47.4 Å². The Morgan fingerprint density at radius 1 is 1.06 bits per heavy atom. The lowest BCUT2D eigenvalue weighted by atomic mass is 10.2. The number of nitrogens with zero attached hydrogens (tertiary/aromatic N) is 1. The third-order valence-electron chi connectivity index (χ3n) is 4.75. The Bertz CT molecular complexity index is 1020. The number of hydrogen-bond donors (Lipinski definition) is 2. The van der Waals surface area contributed by atoms with Gasteiger partial charge in [0.1, 0.15) is 4.90 Å². The van der Waals surface area contributed by atoms with Gasteiger partial charge in [-0.1, -0.05) is 23.2 Å². The van der Waals surface area contributed by atoms with E-state index in [0.717, 1.165) is 13.1 Å².